The van der Waals surface area contributed by atoms with Gasteiger partial charge in [-0.25, -0.2) is 0 Å². The minimum absolute atomic E-state index is 0.0840. The van der Waals surface area contributed by atoms with Crippen LogP contribution in [0.4, 0.5) is 0 Å². The standard InChI is InChI=1S/C75H126O6/c1-4-7-10-13-16-19-22-25-28-30-32-33-34-35-36-37-38-39-40-41-43-44-47-50-53-56-59-62-65-68-74(77)80-71-72(70-79-73(76)67-64-61-58-55-52-49-46-27-24-21-18-15-12-9-6-3)81-75(78)69-66-63-60-57-54-51-48-45-42-31-29-26-23-20-17-14-11-8-5-2/h7-8,10-11,16-17,19-20,25-26,28-29,32-33,35-36,38-39,42,45,72H,4-6,9,12-15,18,21-24,27,30-31,34,37,40-41,43-44,46-71H2,1-3H3/b10-7-,11-8-,19-16-,20-17-,28-25-,29-26-,33-32-,36-35-,39-38-,45-42-. The molecule has 0 aromatic carbocycles. The minimum Gasteiger partial charge on any atom is -0.462 e. The van der Waals surface area contributed by atoms with Crippen LogP contribution in [0.5, 0.6) is 0 Å². The molecule has 0 spiro atoms. The van der Waals surface area contributed by atoms with Crippen LogP contribution in [0.2, 0.25) is 0 Å². The normalized spacial score (nSPS) is 12.9. The van der Waals surface area contributed by atoms with E-state index in [-0.39, 0.29) is 31.1 Å². The molecular formula is C75H126O6. The van der Waals surface area contributed by atoms with Crippen molar-refractivity contribution in [2.24, 2.45) is 0 Å². The van der Waals surface area contributed by atoms with Crippen molar-refractivity contribution in [3.8, 4) is 0 Å². The van der Waals surface area contributed by atoms with Gasteiger partial charge in [-0.3, -0.25) is 14.4 Å². The number of allylic oxidation sites excluding steroid dienone is 20. The number of unbranched alkanes of at least 4 members (excludes halogenated alkanes) is 30. The van der Waals surface area contributed by atoms with Crippen molar-refractivity contribution in [2.75, 3.05) is 13.2 Å². The van der Waals surface area contributed by atoms with Crippen LogP contribution < -0.4 is 0 Å². The largest absolute Gasteiger partial charge is 0.462 e. The van der Waals surface area contributed by atoms with Gasteiger partial charge in [-0.05, 0) is 109 Å². The van der Waals surface area contributed by atoms with Crippen LogP contribution in [0.3, 0.4) is 0 Å². The first-order valence-electron chi connectivity index (χ1n) is 34.0. The Labute approximate surface area is 501 Å². The lowest BCUT2D eigenvalue weighted by Crippen LogP contribution is -2.30. The number of hydrogen-bond acceptors (Lipinski definition) is 6. The summed E-state index contributed by atoms with van der Waals surface area (Å²) in [5, 5.41) is 0. The first-order chi connectivity index (χ1) is 40.0. The van der Waals surface area contributed by atoms with Gasteiger partial charge >= 0.3 is 17.9 Å². The van der Waals surface area contributed by atoms with E-state index >= 15 is 0 Å². The molecule has 0 aromatic heterocycles. The summed E-state index contributed by atoms with van der Waals surface area (Å²) in [6, 6.07) is 0. The highest BCUT2D eigenvalue weighted by molar-refractivity contribution is 5.71. The lowest BCUT2D eigenvalue weighted by Gasteiger charge is -2.18. The molecular weight excluding hydrogens is 997 g/mol. The molecule has 0 amide bonds. The number of carbonyl (C=O) groups excluding carboxylic acids is 3. The Bertz CT molecular complexity index is 1670. The van der Waals surface area contributed by atoms with Crippen LogP contribution in [0, 0.1) is 0 Å². The third kappa shape index (κ3) is 66.5. The zero-order valence-corrected chi connectivity index (χ0v) is 53.0. The first-order valence-corrected chi connectivity index (χ1v) is 34.0. The van der Waals surface area contributed by atoms with Crippen molar-refractivity contribution in [1.82, 2.24) is 0 Å². The molecule has 0 saturated carbocycles. The molecule has 6 nitrogen and oxygen atoms in total. The second-order valence-corrected chi connectivity index (χ2v) is 22.3. The summed E-state index contributed by atoms with van der Waals surface area (Å²) in [5.74, 6) is -0.892. The molecule has 0 aliphatic carbocycles. The Hall–Kier alpha value is -4.19. The van der Waals surface area contributed by atoms with Crippen LogP contribution in [-0.4, -0.2) is 37.2 Å². The van der Waals surface area contributed by atoms with E-state index in [9.17, 15) is 14.4 Å². The van der Waals surface area contributed by atoms with E-state index in [0.717, 1.165) is 135 Å². The summed E-state index contributed by atoms with van der Waals surface area (Å²) in [6.07, 6.45) is 94.9. The highest BCUT2D eigenvalue weighted by Crippen LogP contribution is 2.17. The fraction of sp³-hybridized carbons (Fsp3) is 0.693. The summed E-state index contributed by atoms with van der Waals surface area (Å²) >= 11 is 0. The summed E-state index contributed by atoms with van der Waals surface area (Å²) in [4.78, 5) is 38.4. The summed E-state index contributed by atoms with van der Waals surface area (Å²) in [7, 11) is 0. The molecule has 0 N–H and O–H groups in total. The molecule has 0 rings (SSSR count). The lowest BCUT2D eigenvalue weighted by atomic mass is 10.0. The zero-order valence-electron chi connectivity index (χ0n) is 53.0. The van der Waals surface area contributed by atoms with Gasteiger partial charge in [-0.2, -0.15) is 0 Å². The van der Waals surface area contributed by atoms with Gasteiger partial charge in [0.15, 0.2) is 6.10 Å². The van der Waals surface area contributed by atoms with E-state index in [1.165, 1.54) is 141 Å². The van der Waals surface area contributed by atoms with Gasteiger partial charge in [-0.1, -0.05) is 309 Å². The van der Waals surface area contributed by atoms with Crippen molar-refractivity contribution >= 4 is 17.9 Å². The maximum Gasteiger partial charge on any atom is 0.306 e. The van der Waals surface area contributed by atoms with Crippen LogP contribution >= 0.6 is 0 Å². The average Bonchev–Trinajstić information content (AvgIpc) is 3.47. The van der Waals surface area contributed by atoms with Gasteiger partial charge in [0.2, 0.25) is 0 Å². The molecule has 6 heteroatoms. The van der Waals surface area contributed by atoms with Gasteiger partial charge in [-0.15, -0.1) is 0 Å². The van der Waals surface area contributed by atoms with E-state index < -0.39 is 6.10 Å². The summed E-state index contributed by atoms with van der Waals surface area (Å²) in [5.41, 5.74) is 0. The molecule has 0 aliphatic rings. The molecule has 0 aliphatic heterocycles. The Morgan fingerprint density at radius 1 is 0.259 bits per heavy atom. The number of ether oxygens (including phenoxy) is 3. The highest BCUT2D eigenvalue weighted by Gasteiger charge is 2.19. The van der Waals surface area contributed by atoms with Crippen molar-refractivity contribution in [3.63, 3.8) is 0 Å². The van der Waals surface area contributed by atoms with Crippen molar-refractivity contribution in [2.45, 2.75) is 322 Å². The average molecular weight is 1120 g/mol. The van der Waals surface area contributed by atoms with Crippen LogP contribution in [-0.2, 0) is 28.6 Å². The molecule has 0 heterocycles. The third-order valence-electron chi connectivity index (χ3n) is 14.5. The van der Waals surface area contributed by atoms with Crippen LogP contribution in [0.1, 0.15) is 316 Å². The fourth-order valence-electron chi connectivity index (χ4n) is 9.44. The third-order valence-corrected chi connectivity index (χ3v) is 14.5. The molecule has 0 radical (unpaired) electrons. The maximum atomic E-state index is 12.9. The Morgan fingerprint density at radius 3 is 0.753 bits per heavy atom. The monoisotopic (exact) mass is 1120 g/mol. The number of esters is 3. The van der Waals surface area contributed by atoms with Gasteiger partial charge < -0.3 is 14.2 Å². The van der Waals surface area contributed by atoms with E-state index in [2.05, 4.69) is 142 Å². The topological polar surface area (TPSA) is 78.9 Å². The second-order valence-electron chi connectivity index (χ2n) is 22.3. The highest BCUT2D eigenvalue weighted by atomic mass is 16.6. The molecule has 0 aromatic rings. The van der Waals surface area contributed by atoms with Gasteiger partial charge in [0.1, 0.15) is 13.2 Å². The van der Waals surface area contributed by atoms with E-state index in [1.54, 1.807) is 0 Å². The predicted octanol–water partition coefficient (Wildman–Crippen LogP) is 23.6. The maximum absolute atomic E-state index is 12.9. The van der Waals surface area contributed by atoms with E-state index in [1.807, 2.05) is 0 Å². The molecule has 0 bridgehead atoms. The SMILES string of the molecule is CC/C=C\C/C=C\C/C=C\C/C=C\C/C=C\C/C=C\CCCCCCCCCCCCC(=O)OCC(COC(=O)CCCCCCCCCCCCCCCCC)OC(=O)CCCCCCCC/C=C\C/C=C\C/C=C\C/C=C\CC. The summed E-state index contributed by atoms with van der Waals surface area (Å²) < 4.78 is 17.0. The fourth-order valence-corrected chi connectivity index (χ4v) is 9.44. The van der Waals surface area contributed by atoms with Crippen molar-refractivity contribution in [1.29, 1.82) is 0 Å². The predicted molar refractivity (Wildman–Crippen MR) is 353 cm³/mol. The van der Waals surface area contributed by atoms with Gasteiger partial charge in [0.05, 0.1) is 0 Å². The minimum atomic E-state index is -0.790. The van der Waals surface area contributed by atoms with Crippen molar-refractivity contribution < 1.29 is 28.6 Å². The molecule has 81 heavy (non-hydrogen) atoms. The van der Waals surface area contributed by atoms with Crippen molar-refractivity contribution in [3.05, 3.63) is 122 Å². The number of hydrogen-bond donors (Lipinski definition) is 0. The zero-order chi connectivity index (χ0) is 58.5. The number of rotatable bonds is 61. The van der Waals surface area contributed by atoms with Gasteiger partial charge in [0.25, 0.3) is 0 Å². The molecule has 1 unspecified atom stereocenters. The quantitative estimate of drug-likeness (QED) is 0.0261. The molecule has 0 saturated heterocycles. The second kappa shape index (κ2) is 68.3. The smallest absolute Gasteiger partial charge is 0.306 e. The summed E-state index contributed by atoms with van der Waals surface area (Å²) in [6.45, 7) is 6.43. The molecule has 0 fully saturated rings. The Kier molecular flexibility index (Phi) is 64.8. The lowest BCUT2D eigenvalue weighted by molar-refractivity contribution is -0.167. The molecule has 462 valence electrons. The van der Waals surface area contributed by atoms with Crippen LogP contribution in [0.15, 0.2) is 122 Å². The Morgan fingerprint density at radius 2 is 0.481 bits per heavy atom. The first kappa shape index (κ1) is 76.8. The number of carbonyl (C=O) groups is 3. The van der Waals surface area contributed by atoms with E-state index in [4.69, 9.17) is 14.2 Å². The Balaban J connectivity index is 4.34. The van der Waals surface area contributed by atoms with Crippen LogP contribution in [0.25, 0.3) is 0 Å². The van der Waals surface area contributed by atoms with E-state index in [0.29, 0.717) is 19.3 Å². The molecule has 1 atom stereocenters. The van der Waals surface area contributed by atoms with Gasteiger partial charge in [0, 0.05) is 19.3 Å².